The molecule has 20 heavy (non-hydrogen) atoms. The molecule has 0 bridgehead atoms. The van der Waals surface area contributed by atoms with Crippen LogP contribution in [-0.4, -0.2) is 30.6 Å². The minimum absolute atomic E-state index is 0.825. The molecule has 0 aliphatic heterocycles. The smallest absolute Gasteiger partial charge is 0.0233 e. The van der Waals surface area contributed by atoms with Crippen molar-refractivity contribution in [2.75, 3.05) is 19.6 Å². The Morgan fingerprint density at radius 3 is 2.40 bits per heavy atom. The number of benzene rings is 1. The van der Waals surface area contributed by atoms with E-state index in [1.54, 1.807) is 0 Å². The van der Waals surface area contributed by atoms with E-state index >= 15 is 0 Å². The third-order valence-electron chi connectivity index (χ3n) is 4.13. The lowest BCUT2D eigenvalue weighted by molar-refractivity contribution is 0.275. The maximum absolute atomic E-state index is 3.58. The summed E-state index contributed by atoms with van der Waals surface area (Å²) in [5.41, 5.74) is 2.90. The van der Waals surface area contributed by atoms with Crippen LogP contribution < -0.4 is 5.32 Å². The molecule has 1 saturated carbocycles. The first-order chi connectivity index (χ1) is 9.81. The van der Waals surface area contributed by atoms with Gasteiger partial charge in [0.05, 0.1) is 0 Å². The Labute approximate surface area is 124 Å². The van der Waals surface area contributed by atoms with Gasteiger partial charge in [-0.3, -0.25) is 4.90 Å². The van der Waals surface area contributed by atoms with E-state index in [1.165, 1.54) is 43.4 Å². The van der Waals surface area contributed by atoms with Crippen LogP contribution in [0.25, 0.3) is 0 Å². The van der Waals surface area contributed by atoms with Crippen molar-refractivity contribution in [3.8, 4) is 0 Å². The maximum atomic E-state index is 3.58. The number of nitrogens with zero attached hydrogens (tertiary/aromatic N) is 1. The normalized spacial score (nSPS) is 14.9. The Morgan fingerprint density at radius 1 is 1.10 bits per heavy atom. The van der Waals surface area contributed by atoms with Crippen molar-refractivity contribution in [3.05, 3.63) is 35.4 Å². The van der Waals surface area contributed by atoms with Gasteiger partial charge in [0.25, 0.3) is 0 Å². The first-order valence-corrected chi connectivity index (χ1v) is 8.35. The summed E-state index contributed by atoms with van der Waals surface area (Å²) in [4.78, 5) is 2.53. The van der Waals surface area contributed by atoms with Crippen LogP contribution in [0.15, 0.2) is 24.3 Å². The van der Waals surface area contributed by atoms with Crippen molar-refractivity contribution in [1.82, 2.24) is 10.2 Å². The summed E-state index contributed by atoms with van der Waals surface area (Å²) in [5.74, 6) is 0. The second-order valence-corrected chi connectivity index (χ2v) is 6.02. The largest absolute Gasteiger partial charge is 0.314 e. The van der Waals surface area contributed by atoms with Crippen LogP contribution in [0.4, 0.5) is 0 Å². The molecule has 1 N–H and O–H groups in total. The van der Waals surface area contributed by atoms with Crippen molar-refractivity contribution in [2.45, 2.75) is 58.5 Å². The van der Waals surface area contributed by atoms with Gasteiger partial charge in [0.1, 0.15) is 0 Å². The Hall–Kier alpha value is -0.860. The Morgan fingerprint density at radius 2 is 1.80 bits per heavy atom. The van der Waals surface area contributed by atoms with Gasteiger partial charge < -0.3 is 5.32 Å². The lowest BCUT2D eigenvalue weighted by Gasteiger charge is -2.20. The fraction of sp³-hybridized carbons (Fsp3) is 0.667. The van der Waals surface area contributed by atoms with E-state index in [0.717, 1.165) is 32.1 Å². The number of nitrogens with one attached hydrogen (secondary N) is 1. The van der Waals surface area contributed by atoms with Gasteiger partial charge in [-0.05, 0) is 56.4 Å². The van der Waals surface area contributed by atoms with Gasteiger partial charge in [0.15, 0.2) is 0 Å². The molecular weight excluding hydrogens is 244 g/mol. The molecule has 0 atom stereocenters. The SMILES string of the molecule is CCCCN(CC)Cc1ccc(CCNC2CC2)cc1. The monoisotopic (exact) mass is 274 g/mol. The molecule has 1 aromatic rings. The van der Waals surface area contributed by atoms with Crippen molar-refractivity contribution in [1.29, 1.82) is 0 Å². The first-order valence-electron chi connectivity index (χ1n) is 8.35. The molecule has 0 saturated heterocycles. The highest BCUT2D eigenvalue weighted by Crippen LogP contribution is 2.18. The van der Waals surface area contributed by atoms with Crippen LogP contribution in [0.1, 0.15) is 50.7 Å². The van der Waals surface area contributed by atoms with Gasteiger partial charge in [-0.2, -0.15) is 0 Å². The van der Waals surface area contributed by atoms with Crippen molar-refractivity contribution in [3.63, 3.8) is 0 Å². The van der Waals surface area contributed by atoms with Gasteiger partial charge in [-0.15, -0.1) is 0 Å². The minimum atomic E-state index is 0.825. The summed E-state index contributed by atoms with van der Waals surface area (Å²) < 4.78 is 0. The van der Waals surface area contributed by atoms with E-state index in [-0.39, 0.29) is 0 Å². The molecule has 112 valence electrons. The zero-order valence-electron chi connectivity index (χ0n) is 13.2. The Bertz CT molecular complexity index is 368. The van der Waals surface area contributed by atoms with Crippen molar-refractivity contribution < 1.29 is 0 Å². The fourth-order valence-corrected chi connectivity index (χ4v) is 2.51. The average molecular weight is 274 g/mol. The quantitative estimate of drug-likeness (QED) is 0.701. The van der Waals surface area contributed by atoms with Gasteiger partial charge >= 0.3 is 0 Å². The summed E-state index contributed by atoms with van der Waals surface area (Å²) in [6.07, 6.45) is 6.50. The number of hydrogen-bond donors (Lipinski definition) is 1. The molecule has 1 fully saturated rings. The third-order valence-corrected chi connectivity index (χ3v) is 4.13. The van der Waals surface area contributed by atoms with Crippen LogP contribution in [0.2, 0.25) is 0 Å². The van der Waals surface area contributed by atoms with E-state index in [0.29, 0.717) is 0 Å². The molecule has 0 spiro atoms. The number of hydrogen-bond acceptors (Lipinski definition) is 2. The van der Waals surface area contributed by atoms with Gasteiger partial charge in [0, 0.05) is 12.6 Å². The standard InChI is InChI=1S/C18H30N2/c1-3-5-14-20(4-2)15-17-8-6-16(7-9-17)12-13-19-18-10-11-18/h6-9,18-19H,3-5,10-15H2,1-2H3. The van der Waals surface area contributed by atoms with E-state index in [4.69, 9.17) is 0 Å². The molecule has 0 heterocycles. The molecule has 1 aliphatic carbocycles. The van der Waals surface area contributed by atoms with E-state index in [9.17, 15) is 0 Å². The third kappa shape index (κ3) is 5.64. The predicted molar refractivity (Wildman–Crippen MR) is 87.0 cm³/mol. The highest BCUT2D eigenvalue weighted by atomic mass is 15.1. The van der Waals surface area contributed by atoms with E-state index in [1.807, 2.05) is 0 Å². The topological polar surface area (TPSA) is 15.3 Å². The minimum Gasteiger partial charge on any atom is -0.314 e. The van der Waals surface area contributed by atoms with Crippen LogP contribution in [0.3, 0.4) is 0 Å². The lowest BCUT2D eigenvalue weighted by Crippen LogP contribution is -2.23. The molecule has 0 unspecified atom stereocenters. The fourth-order valence-electron chi connectivity index (χ4n) is 2.51. The summed E-state index contributed by atoms with van der Waals surface area (Å²) in [6, 6.07) is 10.0. The molecular formula is C18H30N2. The summed E-state index contributed by atoms with van der Waals surface area (Å²) in [7, 11) is 0. The van der Waals surface area contributed by atoms with Gasteiger partial charge in [0.2, 0.25) is 0 Å². The molecule has 0 amide bonds. The molecule has 2 nitrogen and oxygen atoms in total. The van der Waals surface area contributed by atoms with Crippen molar-refractivity contribution in [2.24, 2.45) is 0 Å². The molecule has 2 rings (SSSR count). The second kappa shape index (κ2) is 8.43. The summed E-state index contributed by atoms with van der Waals surface area (Å²) in [5, 5.41) is 3.58. The highest BCUT2D eigenvalue weighted by Gasteiger charge is 2.19. The first kappa shape index (κ1) is 15.5. The van der Waals surface area contributed by atoms with Crippen LogP contribution in [0, 0.1) is 0 Å². The van der Waals surface area contributed by atoms with E-state index < -0.39 is 0 Å². The molecule has 0 radical (unpaired) electrons. The van der Waals surface area contributed by atoms with Gasteiger partial charge in [-0.1, -0.05) is 44.5 Å². The highest BCUT2D eigenvalue weighted by molar-refractivity contribution is 5.22. The van der Waals surface area contributed by atoms with Crippen LogP contribution in [0.5, 0.6) is 0 Å². The predicted octanol–water partition coefficient (Wildman–Crippen LogP) is 3.60. The van der Waals surface area contributed by atoms with Crippen molar-refractivity contribution >= 4 is 0 Å². The number of unbranched alkanes of at least 4 members (excludes halogenated alkanes) is 1. The second-order valence-electron chi connectivity index (χ2n) is 6.02. The summed E-state index contributed by atoms with van der Waals surface area (Å²) >= 11 is 0. The van der Waals surface area contributed by atoms with Crippen LogP contribution >= 0.6 is 0 Å². The summed E-state index contributed by atoms with van der Waals surface area (Å²) in [6.45, 7) is 9.11. The zero-order chi connectivity index (χ0) is 14.2. The molecule has 1 aromatic carbocycles. The van der Waals surface area contributed by atoms with E-state index in [2.05, 4.69) is 48.3 Å². The Kier molecular flexibility index (Phi) is 6.55. The van der Waals surface area contributed by atoms with Gasteiger partial charge in [-0.25, -0.2) is 0 Å². The van der Waals surface area contributed by atoms with Crippen LogP contribution in [-0.2, 0) is 13.0 Å². The molecule has 0 aromatic heterocycles. The Balaban J connectivity index is 1.74. The average Bonchev–Trinajstić information content (AvgIpc) is 3.29. The zero-order valence-corrected chi connectivity index (χ0v) is 13.2. The number of rotatable bonds is 10. The lowest BCUT2D eigenvalue weighted by atomic mass is 10.1. The molecule has 2 heteroatoms. The maximum Gasteiger partial charge on any atom is 0.0233 e. The molecule has 1 aliphatic rings.